The van der Waals surface area contributed by atoms with Crippen molar-refractivity contribution in [1.29, 1.82) is 0 Å². The molecule has 2 N–H and O–H groups in total. The van der Waals surface area contributed by atoms with E-state index >= 15 is 0 Å². The van der Waals surface area contributed by atoms with Crippen LogP contribution in [0, 0.1) is 5.82 Å². The number of carbonyl (C=O) groups excluding carboxylic acids is 1. The van der Waals surface area contributed by atoms with Crippen molar-refractivity contribution in [2.75, 3.05) is 10.6 Å². The number of amides is 1. The van der Waals surface area contributed by atoms with Crippen LogP contribution in [0.2, 0.25) is 0 Å². The van der Waals surface area contributed by atoms with Crippen LogP contribution >= 0.6 is 0 Å². The van der Waals surface area contributed by atoms with Gasteiger partial charge < -0.3 is 10.6 Å². The Labute approximate surface area is 152 Å². The molecule has 0 aliphatic heterocycles. The number of nitrogens with one attached hydrogen (secondary N) is 2. The summed E-state index contributed by atoms with van der Waals surface area (Å²) < 4.78 is 14.9. The summed E-state index contributed by atoms with van der Waals surface area (Å²) in [5, 5.41) is 13.6. The SMILES string of the molecule is CC(=O)Nc1ccc(Nc2ncc3nnn(-c4cccc(F)c4)c3n2)cn1. The summed E-state index contributed by atoms with van der Waals surface area (Å²) >= 11 is 0. The van der Waals surface area contributed by atoms with Crippen LogP contribution in [-0.4, -0.2) is 35.9 Å². The fourth-order valence-corrected chi connectivity index (χ4v) is 2.42. The Morgan fingerprint density at radius 3 is 2.78 bits per heavy atom. The van der Waals surface area contributed by atoms with Crippen LogP contribution in [0.4, 0.5) is 21.8 Å². The molecule has 4 aromatic rings. The number of nitrogens with zero attached hydrogens (tertiary/aromatic N) is 6. The van der Waals surface area contributed by atoms with Gasteiger partial charge in [-0.2, -0.15) is 9.67 Å². The number of fused-ring (bicyclic) bond motifs is 1. The van der Waals surface area contributed by atoms with Gasteiger partial charge in [0.1, 0.15) is 11.6 Å². The number of halogens is 1. The molecule has 0 unspecified atom stereocenters. The second kappa shape index (κ2) is 6.75. The van der Waals surface area contributed by atoms with E-state index in [0.717, 1.165) is 0 Å². The van der Waals surface area contributed by atoms with Gasteiger partial charge in [-0.3, -0.25) is 4.79 Å². The maximum atomic E-state index is 13.5. The van der Waals surface area contributed by atoms with Crippen molar-refractivity contribution in [2.45, 2.75) is 6.92 Å². The average molecular weight is 364 g/mol. The number of carbonyl (C=O) groups is 1. The number of pyridine rings is 1. The Hall–Kier alpha value is -3.95. The molecule has 0 bridgehead atoms. The maximum Gasteiger partial charge on any atom is 0.229 e. The second-order valence-corrected chi connectivity index (χ2v) is 5.62. The highest BCUT2D eigenvalue weighted by Crippen LogP contribution is 2.18. The Kier molecular flexibility index (Phi) is 4.13. The van der Waals surface area contributed by atoms with E-state index in [9.17, 15) is 9.18 Å². The zero-order valence-electron chi connectivity index (χ0n) is 14.1. The lowest BCUT2D eigenvalue weighted by Crippen LogP contribution is -2.07. The van der Waals surface area contributed by atoms with Gasteiger partial charge in [0.05, 0.1) is 23.8 Å². The molecule has 1 amide bonds. The summed E-state index contributed by atoms with van der Waals surface area (Å²) in [6.07, 6.45) is 3.06. The Bertz CT molecular complexity index is 1130. The summed E-state index contributed by atoms with van der Waals surface area (Å²) in [6.45, 7) is 1.41. The Morgan fingerprint density at radius 1 is 1.15 bits per heavy atom. The lowest BCUT2D eigenvalue weighted by molar-refractivity contribution is -0.114. The molecule has 10 heteroatoms. The number of benzene rings is 1. The summed E-state index contributed by atoms with van der Waals surface area (Å²) in [4.78, 5) is 23.7. The molecule has 27 heavy (non-hydrogen) atoms. The van der Waals surface area contributed by atoms with Gasteiger partial charge >= 0.3 is 0 Å². The minimum atomic E-state index is -0.381. The first-order chi connectivity index (χ1) is 13.1. The maximum absolute atomic E-state index is 13.5. The van der Waals surface area contributed by atoms with Crippen molar-refractivity contribution in [3.8, 4) is 5.69 Å². The van der Waals surface area contributed by atoms with Crippen molar-refractivity contribution in [3.05, 3.63) is 54.6 Å². The summed E-state index contributed by atoms with van der Waals surface area (Å²) in [7, 11) is 0. The molecule has 3 aromatic heterocycles. The van der Waals surface area contributed by atoms with Crippen LogP contribution in [0.1, 0.15) is 6.92 Å². The zero-order chi connectivity index (χ0) is 18.8. The molecular formula is C17H13FN8O. The zero-order valence-corrected chi connectivity index (χ0v) is 14.1. The topological polar surface area (TPSA) is 111 Å². The highest BCUT2D eigenvalue weighted by atomic mass is 19.1. The van der Waals surface area contributed by atoms with Gasteiger partial charge in [-0.1, -0.05) is 11.3 Å². The molecule has 0 saturated carbocycles. The van der Waals surface area contributed by atoms with E-state index in [1.54, 1.807) is 30.5 Å². The fourth-order valence-electron chi connectivity index (χ4n) is 2.42. The van der Waals surface area contributed by atoms with Crippen LogP contribution in [0.15, 0.2) is 48.8 Å². The van der Waals surface area contributed by atoms with Gasteiger partial charge in [-0.05, 0) is 30.3 Å². The van der Waals surface area contributed by atoms with E-state index in [-0.39, 0.29) is 11.7 Å². The fraction of sp³-hybridized carbons (Fsp3) is 0.0588. The number of aromatic nitrogens is 6. The molecular weight excluding hydrogens is 351 g/mol. The Balaban J connectivity index is 1.63. The van der Waals surface area contributed by atoms with Crippen molar-refractivity contribution in [3.63, 3.8) is 0 Å². The van der Waals surface area contributed by atoms with E-state index in [1.807, 2.05) is 0 Å². The molecule has 134 valence electrons. The molecule has 0 fully saturated rings. The van der Waals surface area contributed by atoms with Gasteiger partial charge in [-0.15, -0.1) is 5.10 Å². The number of hydrogen-bond donors (Lipinski definition) is 2. The van der Waals surface area contributed by atoms with Crippen LogP contribution in [-0.2, 0) is 4.79 Å². The van der Waals surface area contributed by atoms with Crippen molar-refractivity contribution >= 4 is 34.5 Å². The highest BCUT2D eigenvalue weighted by molar-refractivity contribution is 5.87. The lowest BCUT2D eigenvalue weighted by Gasteiger charge is -2.06. The number of rotatable bonds is 4. The van der Waals surface area contributed by atoms with Crippen LogP contribution < -0.4 is 10.6 Å². The van der Waals surface area contributed by atoms with E-state index in [1.165, 1.54) is 29.9 Å². The normalized spacial score (nSPS) is 10.7. The molecule has 3 heterocycles. The molecule has 0 spiro atoms. The first-order valence-electron chi connectivity index (χ1n) is 7.93. The largest absolute Gasteiger partial charge is 0.323 e. The van der Waals surface area contributed by atoms with E-state index in [4.69, 9.17) is 0 Å². The monoisotopic (exact) mass is 364 g/mol. The summed E-state index contributed by atoms with van der Waals surface area (Å²) in [6, 6.07) is 9.36. The number of hydrogen-bond acceptors (Lipinski definition) is 7. The molecule has 4 rings (SSSR count). The third-order valence-electron chi connectivity index (χ3n) is 3.57. The van der Waals surface area contributed by atoms with Gasteiger partial charge in [-0.25, -0.2) is 14.4 Å². The minimum absolute atomic E-state index is 0.199. The lowest BCUT2D eigenvalue weighted by atomic mass is 10.3. The van der Waals surface area contributed by atoms with E-state index < -0.39 is 0 Å². The van der Waals surface area contributed by atoms with Gasteiger partial charge in [0.25, 0.3) is 0 Å². The molecule has 9 nitrogen and oxygen atoms in total. The molecule has 1 aromatic carbocycles. The smallest absolute Gasteiger partial charge is 0.229 e. The summed E-state index contributed by atoms with van der Waals surface area (Å²) in [5.41, 5.74) is 2.04. The van der Waals surface area contributed by atoms with Gasteiger partial charge in [0.2, 0.25) is 11.9 Å². The predicted octanol–water partition coefficient (Wildman–Crippen LogP) is 2.45. The molecule has 0 aliphatic rings. The third-order valence-corrected chi connectivity index (χ3v) is 3.57. The highest BCUT2D eigenvalue weighted by Gasteiger charge is 2.11. The Morgan fingerprint density at radius 2 is 2.04 bits per heavy atom. The van der Waals surface area contributed by atoms with E-state index in [0.29, 0.717) is 34.3 Å². The first-order valence-corrected chi connectivity index (χ1v) is 7.93. The van der Waals surface area contributed by atoms with Gasteiger partial charge in [0.15, 0.2) is 11.2 Å². The predicted molar refractivity (Wildman–Crippen MR) is 96.2 cm³/mol. The molecule has 0 atom stereocenters. The van der Waals surface area contributed by atoms with Crippen molar-refractivity contribution in [2.24, 2.45) is 0 Å². The first kappa shape index (κ1) is 16.5. The molecule has 0 aliphatic carbocycles. The van der Waals surface area contributed by atoms with Crippen molar-refractivity contribution in [1.82, 2.24) is 29.9 Å². The van der Waals surface area contributed by atoms with Crippen LogP contribution in [0.5, 0.6) is 0 Å². The van der Waals surface area contributed by atoms with Crippen LogP contribution in [0.25, 0.3) is 16.9 Å². The summed E-state index contributed by atoms with van der Waals surface area (Å²) in [5.74, 6) is 0.165. The standard InChI is InChI=1S/C17H13FN8O/c1-10(27)21-15-6-5-12(8-19-15)22-17-20-9-14-16(23-17)26(25-24-14)13-4-2-3-11(18)7-13/h2-9H,1H3,(H,19,21,27)(H,20,22,23). The molecule has 0 saturated heterocycles. The minimum Gasteiger partial charge on any atom is -0.323 e. The quantitative estimate of drug-likeness (QED) is 0.572. The second-order valence-electron chi connectivity index (χ2n) is 5.62. The molecule has 0 radical (unpaired) electrons. The van der Waals surface area contributed by atoms with Crippen molar-refractivity contribution < 1.29 is 9.18 Å². The van der Waals surface area contributed by atoms with Gasteiger partial charge in [0, 0.05) is 6.92 Å². The third kappa shape index (κ3) is 3.54. The average Bonchev–Trinajstić information content (AvgIpc) is 3.06. The van der Waals surface area contributed by atoms with E-state index in [2.05, 4.69) is 35.9 Å². The van der Waals surface area contributed by atoms with Crippen LogP contribution in [0.3, 0.4) is 0 Å². The number of anilines is 3.